The average molecular weight is 261 g/mol. The van der Waals surface area contributed by atoms with Crippen molar-refractivity contribution >= 4 is 17.3 Å². The van der Waals surface area contributed by atoms with E-state index in [-0.39, 0.29) is 12.5 Å². The number of benzene rings is 1. The van der Waals surface area contributed by atoms with Gasteiger partial charge in [0.25, 0.3) is 0 Å². The van der Waals surface area contributed by atoms with E-state index in [1.54, 1.807) is 0 Å². The van der Waals surface area contributed by atoms with Gasteiger partial charge in [0.05, 0.1) is 17.9 Å². The van der Waals surface area contributed by atoms with Crippen LogP contribution in [-0.2, 0) is 4.79 Å². The van der Waals surface area contributed by atoms with Crippen molar-refractivity contribution in [2.45, 2.75) is 26.2 Å². The number of nitrogens with zero attached hydrogens (tertiary/aromatic N) is 2. The number of carbonyl (C=O) groups is 1. The molecule has 0 aliphatic carbocycles. The van der Waals surface area contributed by atoms with Crippen molar-refractivity contribution in [1.82, 2.24) is 0 Å². The first-order valence-corrected chi connectivity index (χ1v) is 6.90. The molecule has 0 unspecified atom stereocenters. The van der Waals surface area contributed by atoms with E-state index >= 15 is 0 Å². The molecule has 4 nitrogen and oxygen atoms in total. The van der Waals surface area contributed by atoms with Gasteiger partial charge in [-0.2, -0.15) is 0 Å². The van der Waals surface area contributed by atoms with E-state index in [2.05, 4.69) is 31.9 Å². The van der Waals surface area contributed by atoms with Crippen LogP contribution in [0.1, 0.15) is 31.7 Å². The van der Waals surface area contributed by atoms with E-state index in [0.717, 1.165) is 25.2 Å². The van der Waals surface area contributed by atoms with E-state index < -0.39 is 0 Å². The normalized spacial score (nSPS) is 15.4. The van der Waals surface area contributed by atoms with Crippen LogP contribution in [0, 0.1) is 0 Å². The first-order chi connectivity index (χ1) is 9.06. The first kappa shape index (κ1) is 13.9. The van der Waals surface area contributed by atoms with Gasteiger partial charge in [0.15, 0.2) is 0 Å². The Balaban J connectivity index is 2.56. The van der Waals surface area contributed by atoms with Crippen LogP contribution >= 0.6 is 0 Å². The molecule has 2 rings (SSSR count). The number of fused-ring (bicyclic) bond motifs is 1. The standard InChI is InChI=1S/C15H23N3O/c1-11(2)12-6-4-7-13-15(12)17(3)8-5-9-18(13)14(19)10-16/h4,6-7,11H,5,8-10,16H2,1-3H3. The maximum atomic E-state index is 12.1. The second-order valence-electron chi connectivity index (χ2n) is 5.39. The summed E-state index contributed by atoms with van der Waals surface area (Å²) < 4.78 is 0. The summed E-state index contributed by atoms with van der Waals surface area (Å²) >= 11 is 0. The summed E-state index contributed by atoms with van der Waals surface area (Å²) in [5, 5.41) is 0. The van der Waals surface area contributed by atoms with Gasteiger partial charge >= 0.3 is 0 Å². The van der Waals surface area contributed by atoms with Gasteiger partial charge in [-0.05, 0) is 24.0 Å². The largest absolute Gasteiger partial charge is 0.373 e. The Bertz CT molecular complexity index is 470. The lowest BCUT2D eigenvalue weighted by molar-refractivity contribution is -0.117. The molecular formula is C15H23N3O. The molecule has 0 fully saturated rings. The summed E-state index contributed by atoms with van der Waals surface area (Å²) in [7, 11) is 2.10. The molecule has 2 N–H and O–H groups in total. The molecule has 104 valence electrons. The molecule has 0 bridgehead atoms. The number of nitrogens with two attached hydrogens (primary N) is 1. The molecule has 1 aromatic rings. The predicted octanol–water partition coefficient (Wildman–Crippen LogP) is 1.94. The third-order valence-corrected chi connectivity index (χ3v) is 3.69. The second-order valence-corrected chi connectivity index (χ2v) is 5.39. The van der Waals surface area contributed by atoms with Crippen molar-refractivity contribution in [2.75, 3.05) is 36.5 Å². The molecule has 1 heterocycles. The summed E-state index contributed by atoms with van der Waals surface area (Å²) in [6.07, 6.45) is 0.967. The first-order valence-electron chi connectivity index (χ1n) is 6.90. The molecule has 4 heteroatoms. The number of amides is 1. The van der Waals surface area contributed by atoms with Gasteiger partial charge in [-0.15, -0.1) is 0 Å². The molecule has 0 saturated heterocycles. The molecule has 0 saturated carbocycles. The molecular weight excluding hydrogens is 238 g/mol. The number of hydrogen-bond acceptors (Lipinski definition) is 3. The Morgan fingerprint density at radius 3 is 2.74 bits per heavy atom. The van der Waals surface area contributed by atoms with Gasteiger partial charge < -0.3 is 15.5 Å². The van der Waals surface area contributed by atoms with Gasteiger partial charge in [-0.25, -0.2) is 0 Å². The number of para-hydroxylation sites is 1. The van der Waals surface area contributed by atoms with Crippen LogP contribution in [0.2, 0.25) is 0 Å². The second kappa shape index (κ2) is 5.61. The quantitative estimate of drug-likeness (QED) is 0.885. The minimum Gasteiger partial charge on any atom is -0.373 e. The fraction of sp³-hybridized carbons (Fsp3) is 0.533. The zero-order chi connectivity index (χ0) is 14.0. The van der Waals surface area contributed by atoms with Gasteiger partial charge in [-0.1, -0.05) is 26.0 Å². The summed E-state index contributed by atoms with van der Waals surface area (Å²) in [6, 6.07) is 6.21. The van der Waals surface area contributed by atoms with Crippen LogP contribution in [-0.4, -0.2) is 32.6 Å². The highest BCUT2D eigenvalue weighted by Crippen LogP contribution is 2.38. The zero-order valence-corrected chi connectivity index (χ0v) is 12.0. The molecule has 1 aliphatic heterocycles. The van der Waals surface area contributed by atoms with Crippen molar-refractivity contribution in [1.29, 1.82) is 0 Å². The van der Waals surface area contributed by atoms with Crippen LogP contribution < -0.4 is 15.5 Å². The Hall–Kier alpha value is -1.55. The lowest BCUT2D eigenvalue weighted by Crippen LogP contribution is -2.36. The van der Waals surface area contributed by atoms with Gasteiger partial charge in [0, 0.05) is 20.1 Å². The Morgan fingerprint density at radius 1 is 1.37 bits per heavy atom. The average Bonchev–Trinajstić information content (AvgIpc) is 2.57. The van der Waals surface area contributed by atoms with Crippen molar-refractivity contribution in [2.24, 2.45) is 5.73 Å². The van der Waals surface area contributed by atoms with Crippen LogP contribution in [0.5, 0.6) is 0 Å². The highest BCUT2D eigenvalue weighted by molar-refractivity contribution is 5.98. The zero-order valence-electron chi connectivity index (χ0n) is 12.0. The highest BCUT2D eigenvalue weighted by atomic mass is 16.2. The van der Waals surface area contributed by atoms with Crippen molar-refractivity contribution in [3.05, 3.63) is 23.8 Å². The van der Waals surface area contributed by atoms with E-state index in [1.807, 2.05) is 17.0 Å². The van der Waals surface area contributed by atoms with Crippen LogP contribution in [0.15, 0.2) is 18.2 Å². The maximum Gasteiger partial charge on any atom is 0.240 e. The molecule has 0 aromatic heterocycles. The Morgan fingerprint density at radius 2 is 2.11 bits per heavy atom. The van der Waals surface area contributed by atoms with Gasteiger partial charge in [0.2, 0.25) is 5.91 Å². The van der Waals surface area contributed by atoms with Crippen molar-refractivity contribution < 1.29 is 4.79 Å². The summed E-state index contributed by atoms with van der Waals surface area (Å²) in [5.41, 5.74) is 9.01. The minimum atomic E-state index is -0.00236. The maximum absolute atomic E-state index is 12.1. The van der Waals surface area contributed by atoms with Crippen molar-refractivity contribution in [3.8, 4) is 0 Å². The number of hydrogen-bond donors (Lipinski definition) is 1. The van der Waals surface area contributed by atoms with E-state index in [0.29, 0.717) is 5.92 Å². The SMILES string of the molecule is CC(C)c1cccc2c1N(C)CCCN2C(=O)CN. The van der Waals surface area contributed by atoms with E-state index in [1.165, 1.54) is 11.3 Å². The lowest BCUT2D eigenvalue weighted by Gasteiger charge is -2.27. The van der Waals surface area contributed by atoms with Gasteiger partial charge in [0.1, 0.15) is 0 Å². The van der Waals surface area contributed by atoms with Crippen molar-refractivity contribution in [3.63, 3.8) is 0 Å². The van der Waals surface area contributed by atoms with Crippen LogP contribution in [0.3, 0.4) is 0 Å². The van der Waals surface area contributed by atoms with Gasteiger partial charge in [-0.3, -0.25) is 4.79 Å². The fourth-order valence-corrected chi connectivity index (χ4v) is 2.72. The van der Waals surface area contributed by atoms with E-state index in [9.17, 15) is 4.79 Å². The minimum absolute atomic E-state index is 0.00236. The molecule has 19 heavy (non-hydrogen) atoms. The molecule has 1 aliphatic rings. The number of carbonyl (C=O) groups excluding carboxylic acids is 1. The number of rotatable bonds is 2. The predicted molar refractivity (Wildman–Crippen MR) is 79.8 cm³/mol. The lowest BCUT2D eigenvalue weighted by atomic mass is 9.99. The summed E-state index contributed by atoms with van der Waals surface area (Å²) in [4.78, 5) is 16.1. The molecule has 0 radical (unpaired) electrons. The Kier molecular flexibility index (Phi) is 4.10. The summed E-state index contributed by atoms with van der Waals surface area (Å²) in [6.45, 7) is 6.14. The van der Waals surface area contributed by atoms with E-state index in [4.69, 9.17) is 5.73 Å². The third-order valence-electron chi connectivity index (χ3n) is 3.69. The summed E-state index contributed by atoms with van der Waals surface area (Å²) in [5.74, 6) is 0.433. The molecule has 0 spiro atoms. The monoisotopic (exact) mass is 261 g/mol. The third kappa shape index (κ3) is 2.59. The van der Waals surface area contributed by atoms with Crippen LogP contribution in [0.4, 0.5) is 11.4 Å². The molecule has 1 aromatic carbocycles. The molecule has 0 atom stereocenters. The molecule has 1 amide bonds. The highest BCUT2D eigenvalue weighted by Gasteiger charge is 2.25. The van der Waals surface area contributed by atoms with Crippen LogP contribution in [0.25, 0.3) is 0 Å². The smallest absolute Gasteiger partial charge is 0.240 e. The number of anilines is 2. The topological polar surface area (TPSA) is 49.6 Å². The fourth-order valence-electron chi connectivity index (χ4n) is 2.72. The Labute approximate surface area is 115 Å².